The van der Waals surface area contributed by atoms with Gasteiger partial charge >= 0.3 is 0 Å². The van der Waals surface area contributed by atoms with Crippen molar-refractivity contribution in [1.82, 2.24) is 9.88 Å². The number of benzene rings is 1. The second-order valence-corrected chi connectivity index (χ2v) is 6.31. The summed E-state index contributed by atoms with van der Waals surface area (Å²) in [5.41, 5.74) is 0.730. The normalized spacial score (nSPS) is 25.2. The zero-order chi connectivity index (χ0) is 15.2. The number of aliphatic hydroxyl groups is 1. The molecule has 4 rings (SSSR count). The van der Waals surface area contributed by atoms with E-state index in [0.717, 1.165) is 42.8 Å². The quantitative estimate of drug-likeness (QED) is 0.879. The highest BCUT2D eigenvalue weighted by Gasteiger charge is 2.47. The van der Waals surface area contributed by atoms with E-state index >= 15 is 0 Å². The summed E-state index contributed by atoms with van der Waals surface area (Å²) in [5, 5.41) is 11.8. The van der Waals surface area contributed by atoms with Crippen LogP contribution in [-0.2, 0) is 5.60 Å². The lowest BCUT2D eigenvalue weighted by atomic mass is 9.71. The molecule has 0 unspecified atom stereocenters. The number of aromatic nitrogens is 1. The van der Waals surface area contributed by atoms with Gasteiger partial charge < -0.3 is 14.7 Å². The fourth-order valence-electron chi connectivity index (χ4n) is 3.78. The summed E-state index contributed by atoms with van der Waals surface area (Å²) in [4.78, 5) is 6.47. The molecule has 4 heteroatoms. The van der Waals surface area contributed by atoms with Crippen LogP contribution in [0.1, 0.15) is 24.0 Å². The third-order valence-corrected chi connectivity index (χ3v) is 5.02. The van der Waals surface area contributed by atoms with Crippen molar-refractivity contribution in [2.75, 3.05) is 20.1 Å². The maximum Gasteiger partial charge on any atom is 0.152 e. The molecule has 0 aliphatic carbocycles. The zero-order valence-electron chi connectivity index (χ0n) is 12.7. The van der Waals surface area contributed by atoms with E-state index in [0.29, 0.717) is 5.75 Å². The average Bonchev–Trinajstić information content (AvgIpc) is 2.56. The molecule has 1 N–H and O–H groups in total. The van der Waals surface area contributed by atoms with Crippen LogP contribution in [0.3, 0.4) is 0 Å². The summed E-state index contributed by atoms with van der Waals surface area (Å²) >= 11 is 0. The number of fused-ring (bicyclic) bond motifs is 2. The van der Waals surface area contributed by atoms with E-state index in [1.54, 1.807) is 12.4 Å². The van der Waals surface area contributed by atoms with Crippen molar-refractivity contribution in [1.29, 1.82) is 0 Å². The van der Waals surface area contributed by atoms with Crippen LogP contribution in [0.25, 0.3) is 0 Å². The Morgan fingerprint density at radius 2 is 1.86 bits per heavy atom. The van der Waals surface area contributed by atoms with Gasteiger partial charge in [0, 0.05) is 17.3 Å². The maximum atomic E-state index is 11.8. The lowest BCUT2D eigenvalue weighted by Crippen LogP contribution is -2.44. The van der Waals surface area contributed by atoms with Gasteiger partial charge in [-0.05, 0) is 51.0 Å². The van der Waals surface area contributed by atoms with Gasteiger partial charge in [-0.1, -0.05) is 18.2 Å². The zero-order valence-corrected chi connectivity index (χ0v) is 12.7. The summed E-state index contributed by atoms with van der Waals surface area (Å²) in [6.07, 6.45) is 5.38. The van der Waals surface area contributed by atoms with Crippen molar-refractivity contribution in [3.8, 4) is 11.5 Å². The Hall–Kier alpha value is -1.91. The van der Waals surface area contributed by atoms with Gasteiger partial charge in [-0.3, -0.25) is 4.98 Å². The van der Waals surface area contributed by atoms with Gasteiger partial charge in [0.25, 0.3) is 0 Å². The van der Waals surface area contributed by atoms with Gasteiger partial charge in [0.05, 0.1) is 6.20 Å². The first-order chi connectivity index (χ1) is 10.7. The van der Waals surface area contributed by atoms with Crippen molar-refractivity contribution < 1.29 is 9.84 Å². The third kappa shape index (κ3) is 1.95. The second-order valence-electron chi connectivity index (χ2n) is 6.31. The van der Waals surface area contributed by atoms with Crippen molar-refractivity contribution in [2.24, 2.45) is 5.92 Å². The Morgan fingerprint density at radius 1 is 1.14 bits per heavy atom. The summed E-state index contributed by atoms with van der Waals surface area (Å²) in [7, 11) is 2.13. The van der Waals surface area contributed by atoms with Gasteiger partial charge in [-0.25, -0.2) is 0 Å². The molecule has 0 bridgehead atoms. The van der Waals surface area contributed by atoms with E-state index in [-0.39, 0.29) is 5.92 Å². The lowest BCUT2D eigenvalue weighted by Gasteiger charge is -2.44. The highest BCUT2D eigenvalue weighted by Crippen LogP contribution is 2.51. The topological polar surface area (TPSA) is 45.6 Å². The van der Waals surface area contributed by atoms with Gasteiger partial charge in [0.1, 0.15) is 11.4 Å². The van der Waals surface area contributed by atoms with E-state index in [9.17, 15) is 5.11 Å². The number of ether oxygens (including phenoxy) is 1. The van der Waals surface area contributed by atoms with Crippen molar-refractivity contribution in [2.45, 2.75) is 18.4 Å². The molecular weight excluding hydrogens is 276 g/mol. The average molecular weight is 296 g/mol. The number of piperidine rings is 1. The fourth-order valence-corrected chi connectivity index (χ4v) is 3.78. The molecule has 3 heterocycles. The van der Waals surface area contributed by atoms with E-state index in [1.165, 1.54) is 0 Å². The molecule has 0 spiro atoms. The number of para-hydroxylation sites is 1. The van der Waals surface area contributed by atoms with Crippen molar-refractivity contribution >= 4 is 0 Å². The monoisotopic (exact) mass is 296 g/mol. The minimum absolute atomic E-state index is 0.190. The summed E-state index contributed by atoms with van der Waals surface area (Å²) in [5.74, 6) is 1.60. The highest BCUT2D eigenvalue weighted by molar-refractivity contribution is 5.55. The summed E-state index contributed by atoms with van der Waals surface area (Å²) in [6.45, 7) is 2.02. The Kier molecular flexibility index (Phi) is 3.17. The summed E-state index contributed by atoms with van der Waals surface area (Å²) < 4.78 is 5.95. The number of nitrogens with zero attached hydrogens (tertiary/aromatic N) is 2. The number of hydrogen-bond acceptors (Lipinski definition) is 4. The first-order valence-corrected chi connectivity index (χ1v) is 7.82. The predicted octanol–water partition coefficient (Wildman–Crippen LogP) is 2.77. The molecule has 0 amide bonds. The Labute approximate surface area is 130 Å². The molecule has 114 valence electrons. The van der Waals surface area contributed by atoms with Crippen molar-refractivity contribution in [3.05, 3.63) is 53.9 Å². The first kappa shape index (κ1) is 13.7. The second kappa shape index (κ2) is 5.07. The van der Waals surface area contributed by atoms with Crippen LogP contribution in [-0.4, -0.2) is 35.1 Å². The number of pyridine rings is 1. The molecule has 0 radical (unpaired) electrons. The number of rotatable bonds is 1. The van der Waals surface area contributed by atoms with Crippen LogP contribution in [0.5, 0.6) is 11.5 Å². The van der Waals surface area contributed by atoms with Crippen LogP contribution in [0, 0.1) is 5.92 Å². The molecule has 2 aromatic rings. The molecular formula is C18H20N2O2. The van der Waals surface area contributed by atoms with Gasteiger partial charge in [-0.2, -0.15) is 0 Å². The van der Waals surface area contributed by atoms with Crippen LogP contribution in [0.15, 0.2) is 42.7 Å². The molecule has 4 nitrogen and oxygen atoms in total. The lowest BCUT2D eigenvalue weighted by molar-refractivity contribution is -0.0178. The van der Waals surface area contributed by atoms with E-state index in [1.807, 2.05) is 30.3 Å². The van der Waals surface area contributed by atoms with Gasteiger partial charge in [-0.15, -0.1) is 0 Å². The molecule has 1 atom stereocenters. The Balaban J connectivity index is 1.87. The van der Waals surface area contributed by atoms with E-state index in [4.69, 9.17) is 4.74 Å². The molecule has 2 aliphatic rings. The Morgan fingerprint density at radius 3 is 2.68 bits per heavy atom. The number of hydrogen-bond donors (Lipinski definition) is 1. The van der Waals surface area contributed by atoms with Crippen molar-refractivity contribution in [3.63, 3.8) is 0 Å². The highest BCUT2D eigenvalue weighted by atomic mass is 16.5. The third-order valence-electron chi connectivity index (χ3n) is 5.02. The van der Waals surface area contributed by atoms with Crippen LogP contribution in [0.4, 0.5) is 0 Å². The molecule has 22 heavy (non-hydrogen) atoms. The molecule has 1 saturated heterocycles. The SMILES string of the molecule is CN1CCC([C@]2(O)c3ccccc3Oc3cnccc32)CC1. The van der Waals surface area contributed by atoms with E-state index in [2.05, 4.69) is 16.9 Å². The van der Waals surface area contributed by atoms with E-state index < -0.39 is 5.60 Å². The number of likely N-dealkylation sites (tertiary alicyclic amines) is 1. The smallest absolute Gasteiger partial charge is 0.152 e. The minimum atomic E-state index is -0.992. The van der Waals surface area contributed by atoms with Gasteiger partial charge in [0.2, 0.25) is 0 Å². The van der Waals surface area contributed by atoms with Crippen LogP contribution in [0.2, 0.25) is 0 Å². The Bertz CT molecular complexity index is 647. The van der Waals surface area contributed by atoms with Crippen LogP contribution >= 0.6 is 0 Å². The maximum absolute atomic E-state index is 11.8. The fraction of sp³-hybridized carbons (Fsp3) is 0.389. The molecule has 1 aromatic carbocycles. The minimum Gasteiger partial charge on any atom is -0.455 e. The standard InChI is InChI=1S/C18H20N2O2/c1-20-10-7-13(8-11-20)18(21)14-4-2-3-5-16(14)22-17-12-19-9-6-15(17)18/h2-6,9,12-13,21H,7-8,10-11H2,1H3/t18-/m0/s1. The predicted molar refractivity (Wildman–Crippen MR) is 84.0 cm³/mol. The molecule has 1 fully saturated rings. The summed E-state index contributed by atoms with van der Waals surface area (Å²) in [6, 6.07) is 9.70. The van der Waals surface area contributed by atoms with Gasteiger partial charge in [0.15, 0.2) is 5.75 Å². The molecule has 0 saturated carbocycles. The largest absolute Gasteiger partial charge is 0.455 e. The first-order valence-electron chi connectivity index (χ1n) is 7.82. The molecule has 2 aliphatic heterocycles. The van der Waals surface area contributed by atoms with Crippen LogP contribution < -0.4 is 4.74 Å². The molecule has 1 aromatic heterocycles.